The van der Waals surface area contributed by atoms with E-state index in [1.165, 1.54) is 21.9 Å². The summed E-state index contributed by atoms with van der Waals surface area (Å²) in [5.41, 5.74) is 3.63. The molecule has 0 saturated carbocycles. The second-order valence-corrected chi connectivity index (χ2v) is 8.32. The first-order valence-electron chi connectivity index (χ1n) is 11.6. The Morgan fingerprint density at radius 2 is 2.03 bits per heavy atom. The van der Waals surface area contributed by atoms with Crippen molar-refractivity contribution in [3.63, 3.8) is 0 Å². The van der Waals surface area contributed by atoms with Gasteiger partial charge in [-0.2, -0.15) is 0 Å². The number of nitrogens with one attached hydrogen (secondary N) is 1. The third kappa shape index (κ3) is 6.68. The zero-order valence-electron chi connectivity index (χ0n) is 19.4. The van der Waals surface area contributed by atoms with Crippen molar-refractivity contribution < 1.29 is 9.53 Å². The number of aromatic nitrogens is 1. The van der Waals surface area contributed by atoms with Crippen LogP contribution in [-0.2, 0) is 17.6 Å². The smallest absolute Gasteiger partial charge is 0.244 e. The number of unbranched alkanes of at least 4 members (excludes halogenated alkanes) is 1. The number of carbonyl (C=O) groups excluding carboxylic acids is 1. The van der Waals surface area contributed by atoms with Gasteiger partial charge in [0.05, 0.1) is 7.11 Å². The number of aryl methyl sites for hydroxylation is 2. The molecular formula is C28H34N2O2. The molecule has 4 heteroatoms. The number of nitrogens with zero attached hydrogens (tertiary/aromatic N) is 1. The Kier molecular flexibility index (Phi) is 8.85. The van der Waals surface area contributed by atoms with Crippen LogP contribution in [0.4, 0.5) is 0 Å². The molecule has 0 radical (unpaired) electrons. The van der Waals surface area contributed by atoms with Crippen molar-refractivity contribution in [1.82, 2.24) is 10.3 Å². The molecule has 0 saturated heterocycles. The van der Waals surface area contributed by atoms with Gasteiger partial charge in [-0.25, -0.2) is 0 Å². The van der Waals surface area contributed by atoms with Crippen molar-refractivity contribution in [2.24, 2.45) is 0 Å². The van der Waals surface area contributed by atoms with Crippen molar-refractivity contribution in [2.75, 3.05) is 7.11 Å². The highest BCUT2D eigenvalue weighted by atomic mass is 16.5. The number of amides is 1. The summed E-state index contributed by atoms with van der Waals surface area (Å²) in [5.74, 6) is 0.814. The summed E-state index contributed by atoms with van der Waals surface area (Å²) < 4.78 is 5.37. The minimum Gasteiger partial charge on any atom is -0.497 e. The first kappa shape index (κ1) is 23.5. The van der Waals surface area contributed by atoms with Crippen LogP contribution >= 0.6 is 0 Å². The molecule has 1 N–H and O–H groups in total. The normalized spacial score (nSPS) is 12.2. The van der Waals surface area contributed by atoms with Crippen LogP contribution in [0.1, 0.15) is 56.2 Å². The van der Waals surface area contributed by atoms with E-state index < -0.39 is 0 Å². The van der Waals surface area contributed by atoms with Gasteiger partial charge in [-0.3, -0.25) is 9.78 Å². The van der Waals surface area contributed by atoms with Crippen molar-refractivity contribution in [3.05, 3.63) is 77.6 Å². The molecule has 0 bridgehead atoms. The minimum atomic E-state index is -0.0462. The van der Waals surface area contributed by atoms with Crippen LogP contribution in [0.2, 0.25) is 0 Å². The number of ether oxygens (including phenoxy) is 1. The molecule has 1 atom stereocenters. The van der Waals surface area contributed by atoms with Crippen molar-refractivity contribution in [1.29, 1.82) is 0 Å². The van der Waals surface area contributed by atoms with Gasteiger partial charge in [0, 0.05) is 24.5 Å². The Morgan fingerprint density at radius 1 is 1.16 bits per heavy atom. The van der Waals surface area contributed by atoms with Gasteiger partial charge in [0.1, 0.15) is 5.75 Å². The Labute approximate surface area is 191 Å². The van der Waals surface area contributed by atoms with E-state index in [9.17, 15) is 4.79 Å². The summed E-state index contributed by atoms with van der Waals surface area (Å²) in [7, 11) is 1.69. The largest absolute Gasteiger partial charge is 0.497 e. The first-order chi connectivity index (χ1) is 15.6. The highest BCUT2D eigenvalue weighted by Crippen LogP contribution is 2.28. The lowest BCUT2D eigenvalue weighted by Gasteiger charge is -2.13. The molecule has 1 heterocycles. The molecule has 0 fully saturated rings. The van der Waals surface area contributed by atoms with E-state index in [1.807, 2.05) is 24.4 Å². The number of hydrogen-bond acceptors (Lipinski definition) is 3. The number of pyridine rings is 1. The number of fused-ring (bicyclic) bond motifs is 1. The van der Waals surface area contributed by atoms with Crippen LogP contribution in [0.3, 0.4) is 0 Å². The number of benzene rings is 2. The van der Waals surface area contributed by atoms with E-state index in [0.717, 1.165) is 49.8 Å². The third-order valence-corrected chi connectivity index (χ3v) is 5.78. The molecule has 0 aliphatic rings. The number of hydrogen-bond donors (Lipinski definition) is 1. The molecular weight excluding hydrogens is 396 g/mol. The fraction of sp³-hybridized carbons (Fsp3) is 0.357. The molecule has 168 valence electrons. The summed E-state index contributed by atoms with van der Waals surface area (Å²) in [6.45, 7) is 4.26. The van der Waals surface area contributed by atoms with Crippen molar-refractivity contribution >= 4 is 22.8 Å². The quantitative estimate of drug-likeness (QED) is 0.373. The Morgan fingerprint density at radius 3 is 2.78 bits per heavy atom. The van der Waals surface area contributed by atoms with E-state index in [4.69, 9.17) is 4.74 Å². The van der Waals surface area contributed by atoms with Gasteiger partial charge in [0.15, 0.2) is 0 Å². The fourth-order valence-corrected chi connectivity index (χ4v) is 3.99. The average molecular weight is 431 g/mol. The maximum Gasteiger partial charge on any atom is 0.244 e. The van der Waals surface area contributed by atoms with E-state index in [1.54, 1.807) is 19.4 Å². The molecule has 3 aromatic rings. The first-order valence-corrected chi connectivity index (χ1v) is 11.6. The molecule has 0 unspecified atom stereocenters. The molecule has 0 aliphatic heterocycles. The Hall–Kier alpha value is -3.14. The average Bonchev–Trinajstić information content (AvgIpc) is 2.81. The van der Waals surface area contributed by atoms with Crippen LogP contribution in [0.15, 0.2) is 60.9 Å². The fourth-order valence-electron chi connectivity index (χ4n) is 3.99. The second-order valence-electron chi connectivity index (χ2n) is 8.32. The SMILES string of the molecule is CCCCc1c(/C=C/C(=O)N[C@H](C)CCCc2cccnc2)ccc2cc(OC)ccc12. The van der Waals surface area contributed by atoms with Crippen LogP contribution in [0.5, 0.6) is 5.75 Å². The summed E-state index contributed by atoms with van der Waals surface area (Å²) in [6, 6.07) is 14.6. The maximum atomic E-state index is 12.5. The van der Waals surface area contributed by atoms with Crippen molar-refractivity contribution in [3.8, 4) is 5.75 Å². The van der Waals surface area contributed by atoms with Gasteiger partial charge in [-0.15, -0.1) is 0 Å². The van der Waals surface area contributed by atoms with E-state index in [0.29, 0.717) is 0 Å². The number of methoxy groups -OCH3 is 1. The van der Waals surface area contributed by atoms with Crippen LogP contribution in [0, 0.1) is 0 Å². The summed E-state index contributed by atoms with van der Waals surface area (Å²) in [6.07, 6.45) is 13.5. The molecule has 3 rings (SSSR count). The van der Waals surface area contributed by atoms with E-state index in [2.05, 4.69) is 54.5 Å². The predicted molar refractivity (Wildman–Crippen MR) is 133 cm³/mol. The highest BCUT2D eigenvalue weighted by Gasteiger charge is 2.09. The highest BCUT2D eigenvalue weighted by molar-refractivity contribution is 5.94. The van der Waals surface area contributed by atoms with Gasteiger partial charge in [0.25, 0.3) is 0 Å². The topological polar surface area (TPSA) is 51.2 Å². The Bertz CT molecular complexity index is 1040. The van der Waals surface area contributed by atoms with Gasteiger partial charge < -0.3 is 10.1 Å². The lowest BCUT2D eigenvalue weighted by molar-refractivity contribution is -0.117. The summed E-state index contributed by atoms with van der Waals surface area (Å²) >= 11 is 0. The lowest BCUT2D eigenvalue weighted by Crippen LogP contribution is -2.31. The molecule has 1 aromatic heterocycles. The predicted octanol–water partition coefficient (Wildman–Crippen LogP) is 6.13. The molecule has 1 amide bonds. The maximum absolute atomic E-state index is 12.5. The molecule has 2 aromatic carbocycles. The van der Waals surface area contributed by atoms with E-state index in [-0.39, 0.29) is 11.9 Å². The number of carbonyl (C=O) groups is 1. The minimum absolute atomic E-state index is 0.0462. The van der Waals surface area contributed by atoms with Gasteiger partial charge >= 0.3 is 0 Å². The molecule has 0 aliphatic carbocycles. The van der Waals surface area contributed by atoms with Crippen LogP contribution < -0.4 is 10.1 Å². The van der Waals surface area contributed by atoms with E-state index >= 15 is 0 Å². The monoisotopic (exact) mass is 430 g/mol. The van der Waals surface area contributed by atoms with Gasteiger partial charge in [-0.05, 0) is 90.8 Å². The second kappa shape index (κ2) is 12.0. The van der Waals surface area contributed by atoms with Crippen LogP contribution in [0.25, 0.3) is 16.8 Å². The molecule has 32 heavy (non-hydrogen) atoms. The standard InChI is InChI=1S/C28H34N2O2/c1-4-5-11-26-23(12-13-24-19-25(32-3)15-16-27(24)26)14-17-28(31)30-21(2)8-6-9-22-10-7-18-29-20-22/h7,10,12-21H,4-6,8-9,11H2,1-3H3,(H,30,31)/b17-14+/t21-/m1/s1. The zero-order valence-corrected chi connectivity index (χ0v) is 19.4. The number of rotatable bonds is 11. The van der Waals surface area contributed by atoms with Crippen molar-refractivity contribution in [2.45, 2.75) is 58.4 Å². The molecule has 0 spiro atoms. The van der Waals surface area contributed by atoms with Crippen LogP contribution in [-0.4, -0.2) is 24.0 Å². The molecule has 4 nitrogen and oxygen atoms in total. The zero-order chi connectivity index (χ0) is 22.8. The summed E-state index contributed by atoms with van der Waals surface area (Å²) in [4.78, 5) is 16.7. The Balaban J connectivity index is 1.63. The lowest BCUT2D eigenvalue weighted by atomic mass is 9.94. The summed E-state index contributed by atoms with van der Waals surface area (Å²) in [5, 5.41) is 5.49. The third-order valence-electron chi connectivity index (χ3n) is 5.78. The van der Waals surface area contributed by atoms with Gasteiger partial charge in [-0.1, -0.05) is 37.6 Å². The van der Waals surface area contributed by atoms with Gasteiger partial charge in [0.2, 0.25) is 5.91 Å².